The largest absolute Gasteiger partial charge is 0.573 e. The monoisotopic (exact) mass is 453 g/mol. The normalized spacial score (nSPS) is 15.9. The molecule has 1 aliphatic heterocycles. The lowest BCUT2D eigenvalue weighted by atomic mass is 9.88. The van der Waals surface area contributed by atoms with Crippen molar-refractivity contribution in [1.29, 1.82) is 0 Å². The first-order valence-electron chi connectivity index (χ1n) is 10.4. The van der Waals surface area contributed by atoms with E-state index in [-0.39, 0.29) is 11.7 Å². The molecule has 0 N–H and O–H groups in total. The number of nitrogens with zero attached hydrogens (tertiary/aromatic N) is 1. The summed E-state index contributed by atoms with van der Waals surface area (Å²) < 4.78 is 46.8. The molecule has 1 aliphatic rings. The number of benzene rings is 3. The van der Waals surface area contributed by atoms with Crippen LogP contribution in [0.15, 0.2) is 78.9 Å². The van der Waals surface area contributed by atoms with Crippen LogP contribution in [0.3, 0.4) is 0 Å². The smallest absolute Gasteiger partial charge is 0.497 e. The summed E-state index contributed by atoms with van der Waals surface area (Å²) in [5.41, 5.74) is 3.63. The predicted octanol–water partition coefficient (Wildman–Crippen LogP) is 5.78. The number of halogens is 3. The van der Waals surface area contributed by atoms with Gasteiger partial charge in [-0.25, -0.2) is 0 Å². The van der Waals surface area contributed by atoms with Gasteiger partial charge in [-0.05, 0) is 59.0 Å². The summed E-state index contributed by atoms with van der Waals surface area (Å²) in [6, 6.07) is 20.4. The minimum atomic E-state index is -4.76. The molecule has 0 saturated carbocycles. The summed E-state index contributed by atoms with van der Waals surface area (Å²) >= 11 is 0. The number of rotatable bonds is 5. The maximum absolute atomic E-state index is 13.2. The molecule has 4 rings (SSSR count). The average Bonchev–Trinajstić information content (AvgIpc) is 2.81. The second-order valence-electron chi connectivity index (χ2n) is 7.61. The van der Waals surface area contributed by atoms with E-state index in [1.54, 1.807) is 30.2 Å². The Morgan fingerprint density at radius 2 is 1.64 bits per heavy atom. The summed E-state index contributed by atoms with van der Waals surface area (Å²) in [4.78, 5) is 14.9. The van der Waals surface area contributed by atoms with E-state index in [0.717, 1.165) is 22.4 Å². The summed E-state index contributed by atoms with van der Waals surface area (Å²) in [7, 11) is 1.59. The number of alkyl halides is 3. The molecule has 0 aromatic heterocycles. The van der Waals surface area contributed by atoms with Crippen molar-refractivity contribution in [1.82, 2.24) is 4.90 Å². The Morgan fingerprint density at radius 3 is 2.30 bits per heavy atom. The van der Waals surface area contributed by atoms with Crippen molar-refractivity contribution in [2.75, 3.05) is 13.7 Å². The van der Waals surface area contributed by atoms with E-state index >= 15 is 0 Å². The van der Waals surface area contributed by atoms with Crippen LogP contribution < -0.4 is 9.47 Å². The van der Waals surface area contributed by atoms with Gasteiger partial charge in [0, 0.05) is 12.6 Å². The molecule has 1 heterocycles. The Labute approximate surface area is 189 Å². The molecule has 3 aromatic carbocycles. The fourth-order valence-corrected chi connectivity index (χ4v) is 3.99. The van der Waals surface area contributed by atoms with Crippen LogP contribution in [0.4, 0.5) is 13.2 Å². The molecule has 1 atom stereocenters. The zero-order valence-corrected chi connectivity index (χ0v) is 17.9. The summed E-state index contributed by atoms with van der Waals surface area (Å²) in [5.74, 6) is 0.248. The zero-order valence-electron chi connectivity index (χ0n) is 17.9. The minimum absolute atomic E-state index is 0.180. The third-order valence-corrected chi connectivity index (χ3v) is 5.53. The number of carbonyl (C=O) groups excluding carboxylic acids is 1. The number of ether oxygens (including phenoxy) is 2. The number of hydrogen-bond acceptors (Lipinski definition) is 3. The van der Waals surface area contributed by atoms with Gasteiger partial charge < -0.3 is 14.4 Å². The fourth-order valence-electron chi connectivity index (χ4n) is 3.99. The van der Waals surface area contributed by atoms with E-state index in [4.69, 9.17) is 4.74 Å². The maximum atomic E-state index is 13.2. The Morgan fingerprint density at radius 1 is 0.970 bits per heavy atom. The average molecular weight is 453 g/mol. The molecular formula is C26H22F3NO3. The van der Waals surface area contributed by atoms with Crippen LogP contribution >= 0.6 is 0 Å². The van der Waals surface area contributed by atoms with Gasteiger partial charge in [-0.2, -0.15) is 0 Å². The minimum Gasteiger partial charge on any atom is -0.497 e. The predicted molar refractivity (Wildman–Crippen MR) is 119 cm³/mol. The molecule has 0 spiro atoms. The molecule has 0 aliphatic carbocycles. The van der Waals surface area contributed by atoms with E-state index in [1.807, 2.05) is 48.5 Å². The number of fused-ring (bicyclic) bond motifs is 1. The number of hydrogen-bond donors (Lipinski definition) is 0. The number of carbonyl (C=O) groups is 1. The Bertz CT molecular complexity index is 1140. The van der Waals surface area contributed by atoms with E-state index in [0.29, 0.717) is 18.5 Å². The van der Waals surface area contributed by atoms with Gasteiger partial charge in [0.25, 0.3) is 0 Å². The van der Waals surface area contributed by atoms with Crippen molar-refractivity contribution in [3.63, 3.8) is 0 Å². The molecule has 3 aromatic rings. The van der Waals surface area contributed by atoms with Crippen LogP contribution in [-0.2, 0) is 11.2 Å². The highest BCUT2D eigenvalue weighted by Gasteiger charge is 2.33. The number of methoxy groups -OCH3 is 1. The second-order valence-corrected chi connectivity index (χ2v) is 7.61. The van der Waals surface area contributed by atoms with Gasteiger partial charge in [-0.15, -0.1) is 13.2 Å². The van der Waals surface area contributed by atoms with Crippen LogP contribution in [0.1, 0.15) is 28.3 Å². The van der Waals surface area contributed by atoms with Gasteiger partial charge in [-0.1, -0.05) is 48.5 Å². The van der Waals surface area contributed by atoms with Crippen molar-refractivity contribution in [3.8, 4) is 11.5 Å². The second kappa shape index (κ2) is 9.40. The quantitative estimate of drug-likeness (QED) is 0.460. The molecule has 1 unspecified atom stereocenters. The highest BCUT2D eigenvalue weighted by atomic mass is 19.4. The molecule has 0 radical (unpaired) electrons. The molecule has 0 fully saturated rings. The topological polar surface area (TPSA) is 38.8 Å². The fraction of sp³-hybridized carbons (Fsp3) is 0.192. The number of amides is 1. The van der Waals surface area contributed by atoms with Crippen LogP contribution in [0, 0.1) is 0 Å². The lowest BCUT2D eigenvalue weighted by Gasteiger charge is -2.37. The zero-order chi connectivity index (χ0) is 23.4. The van der Waals surface area contributed by atoms with Crippen LogP contribution in [0.2, 0.25) is 0 Å². The lowest BCUT2D eigenvalue weighted by molar-refractivity contribution is -0.274. The SMILES string of the molecule is COc1ccc(C=CC(=O)N2CCc3ccccc3C2c2ccc(OC(F)(F)F)cc2)cc1. The molecule has 1 amide bonds. The Hall–Kier alpha value is -3.74. The standard InChI is InChI=1S/C26H22F3NO3/c1-32-21-11-6-18(7-12-21)8-15-24(31)30-17-16-19-4-2-3-5-23(19)25(30)20-9-13-22(14-10-20)33-26(27,28)29/h2-15,25H,16-17H2,1H3. The van der Waals surface area contributed by atoms with E-state index < -0.39 is 12.4 Å². The summed E-state index contributed by atoms with van der Waals surface area (Å²) in [6.07, 6.45) is -0.805. The van der Waals surface area contributed by atoms with Gasteiger partial charge in [0.05, 0.1) is 13.2 Å². The summed E-state index contributed by atoms with van der Waals surface area (Å²) in [6.45, 7) is 0.494. The van der Waals surface area contributed by atoms with E-state index in [9.17, 15) is 18.0 Å². The molecule has 7 heteroatoms. The van der Waals surface area contributed by atoms with Crippen molar-refractivity contribution in [2.45, 2.75) is 18.8 Å². The van der Waals surface area contributed by atoms with Crippen LogP contribution in [0.25, 0.3) is 6.08 Å². The van der Waals surface area contributed by atoms with Crippen molar-refractivity contribution in [2.24, 2.45) is 0 Å². The van der Waals surface area contributed by atoms with Crippen molar-refractivity contribution >= 4 is 12.0 Å². The van der Waals surface area contributed by atoms with Crippen molar-refractivity contribution in [3.05, 3.63) is 101 Å². The molecular weight excluding hydrogens is 431 g/mol. The maximum Gasteiger partial charge on any atom is 0.573 e. The van der Waals surface area contributed by atoms with Crippen LogP contribution in [-0.4, -0.2) is 30.8 Å². The van der Waals surface area contributed by atoms with E-state index in [1.165, 1.54) is 18.2 Å². The first kappa shape index (κ1) is 22.5. The van der Waals surface area contributed by atoms with Gasteiger partial charge in [-0.3, -0.25) is 4.79 Å². The molecule has 170 valence electrons. The molecule has 33 heavy (non-hydrogen) atoms. The lowest BCUT2D eigenvalue weighted by Crippen LogP contribution is -2.39. The highest BCUT2D eigenvalue weighted by molar-refractivity contribution is 5.92. The summed E-state index contributed by atoms with van der Waals surface area (Å²) in [5, 5.41) is 0. The van der Waals surface area contributed by atoms with Gasteiger partial charge in [0.1, 0.15) is 11.5 Å². The molecule has 0 saturated heterocycles. The Kier molecular flexibility index (Phi) is 6.40. The highest BCUT2D eigenvalue weighted by Crippen LogP contribution is 2.36. The third-order valence-electron chi connectivity index (χ3n) is 5.53. The third kappa shape index (κ3) is 5.37. The molecule has 0 bridgehead atoms. The van der Waals surface area contributed by atoms with Gasteiger partial charge >= 0.3 is 6.36 Å². The first-order chi connectivity index (χ1) is 15.8. The van der Waals surface area contributed by atoms with Gasteiger partial charge in [0.2, 0.25) is 5.91 Å². The molecule has 4 nitrogen and oxygen atoms in total. The van der Waals surface area contributed by atoms with Crippen molar-refractivity contribution < 1.29 is 27.4 Å². The van der Waals surface area contributed by atoms with E-state index in [2.05, 4.69) is 4.74 Å². The first-order valence-corrected chi connectivity index (χ1v) is 10.4. The Balaban J connectivity index is 1.62. The van der Waals surface area contributed by atoms with Crippen LogP contribution in [0.5, 0.6) is 11.5 Å². The van der Waals surface area contributed by atoms with Gasteiger partial charge in [0.15, 0.2) is 0 Å².